The Balaban J connectivity index is 1.91. The average molecular weight is 521 g/mol. The van der Waals surface area contributed by atoms with Crippen molar-refractivity contribution in [3.63, 3.8) is 0 Å². The van der Waals surface area contributed by atoms with Gasteiger partial charge < -0.3 is 9.64 Å². The topological polar surface area (TPSA) is 126 Å². The lowest BCUT2D eigenvalue weighted by atomic mass is 10.0. The highest BCUT2D eigenvalue weighted by molar-refractivity contribution is 7.92. The van der Waals surface area contributed by atoms with Crippen molar-refractivity contribution < 1.29 is 31.1 Å². The van der Waals surface area contributed by atoms with E-state index in [1.807, 2.05) is 16.5 Å². The Hall–Kier alpha value is -2.81. The van der Waals surface area contributed by atoms with E-state index in [-0.39, 0.29) is 27.6 Å². The van der Waals surface area contributed by atoms with E-state index in [0.29, 0.717) is 25.1 Å². The van der Waals surface area contributed by atoms with Crippen molar-refractivity contribution in [2.75, 3.05) is 29.0 Å². The molecule has 0 aliphatic carbocycles. The van der Waals surface area contributed by atoms with Crippen molar-refractivity contribution in [3.05, 3.63) is 22.7 Å². The molecule has 0 amide bonds. The minimum atomic E-state index is -4.91. The van der Waals surface area contributed by atoms with E-state index in [1.165, 1.54) is 6.07 Å². The Morgan fingerprint density at radius 2 is 2.06 bits per heavy atom. The smallest absolute Gasteiger partial charge is 0.404 e. The molecule has 1 N–H and O–H groups in total. The number of carbonyl (C=O) groups excluding carboxylic acids is 1. The molecule has 2 heterocycles. The summed E-state index contributed by atoms with van der Waals surface area (Å²) in [7, 11) is -2.94. The standard InChI is InChI=1S/C19H23F3N6O4S2/c1-4-11(2)32-17(29)16-24-26-18(33-16)25-23-13-8-12-6-5-7-28(3)15(12)9-14(13)27-34(30,31)10-19(20,21)22/h8-9,11,27H,4-7,10H2,1-3H3. The van der Waals surface area contributed by atoms with Gasteiger partial charge in [-0.15, -0.1) is 20.4 Å². The molecule has 1 aromatic heterocycles. The van der Waals surface area contributed by atoms with Crippen LogP contribution in [0, 0.1) is 0 Å². The van der Waals surface area contributed by atoms with Gasteiger partial charge in [-0.1, -0.05) is 18.3 Å². The number of esters is 1. The number of hydrogen-bond acceptors (Lipinski definition) is 10. The number of ether oxygens (including phenoxy) is 1. The molecule has 1 aromatic carbocycles. The summed E-state index contributed by atoms with van der Waals surface area (Å²) in [6, 6.07) is 3.00. The van der Waals surface area contributed by atoms with Crippen LogP contribution in [0.4, 0.5) is 35.4 Å². The summed E-state index contributed by atoms with van der Waals surface area (Å²) in [5, 5.41) is 15.3. The van der Waals surface area contributed by atoms with Crippen LogP contribution in [-0.4, -0.2) is 56.2 Å². The number of alkyl halides is 3. The Bertz CT molecular complexity index is 1180. The lowest BCUT2D eigenvalue weighted by Crippen LogP contribution is -2.28. The number of aromatic nitrogens is 2. The molecule has 0 saturated carbocycles. The van der Waals surface area contributed by atoms with Crippen LogP contribution in [0.15, 0.2) is 22.4 Å². The summed E-state index contributed by atoms with van der Waals surface area (Å²) in [5.41, 5.74) is 1.39. The van der Waals surface area contributed by atoms with Crippen LogP contribution in [0.25, 0.3) is 0 Å². The number of aryl methyl sites for hydroxylation is 1. The zero-order valence-corrected chi connectivity index (χ0v) is 20.2. The fourth-order valence-electron chi connectivity index (χ4n) is 3.14. The maximum absolute atomic E-state index is 12.7. The van der Waals surface area contributed by atoms with Gasteiger partial charge in [0.1, 0.15) is 5.69 Å². The molecule has 1 atom stereocenters. The Morgan fingerprint density at radius 1 is 1.32 bits per heavy atom. The molecule has 1 unspecified atom stereocenters. The maximum atomic E-state index is 12.7. The minimum absolute atomic E-state index is 0.00459. The van der Waals surface area contributed by atoms with Crippen LogP contribution in [0.3, 0.4) is 0 Å². The minimum Gasteiger partial charge on any atom is -0.457 e. The second-order valence-corrected chi connectivity index (χ2v) is 10.4. The van der Waals surface area contributed by atoms with Gasteiger partial charge in [0.15, 0.2) is 5.75 Å². The van der Waals surface area contributed by atoms with Crippen LogP contribution in [0.2, 0.25) is 0 Å². The number of benzene rings is 1. The molecule has 0 saturated heterocycles. The monoisotopic (exact) mass is 520 g/mol. The summed E-state index contributed by atoms with van der Waals surface area (Å²) >= 11 is 0.816. The molecule has 34 heavy (non-hydrogen) atoms. The van der Waals surface area contributed by atoms with Gasteiger partial charge in [0.25, 0.3) is 5.13 Å². The van der Waals surface area contributed by atoms with E-state index in [2.05, 4.69) is 20.4 Å². The Labute approximate surface area is 198 Å². The van der Waals surface area contributed by atoms with Crippen LogP contribution >= 0.6 is 11.3 Å². The predicted octanol–water partition coefficient (Wildman–Crippen LogP) is 4.60. The zero-order valence-electron chi connectivity index (χ0n) is 18.6. The Morgan fingerprint density at radius 3 is 2.74 bits per heavy atom. The second-order valence-electron chi connectivity index (χ2n) is 7.71. The van der Waals surface area contributed by atoms with Gasteiger partial charge in [0.05, 0.1) is 11.8 Å². The van der Waals surface area contributed by atoms with Crippen molar-refractivity contribution in [1.29, 1.82) is 0 Å². The highest BCUT2D eigenvalue weighted by Gasteiger charge is 2.35. The number of azo groups is 1. The lowest BCUT2D eigenvalue weighted by molar-refractivity contribution is -0.106. The number of fused-ring (bicyclic) bond motifs is 1. The van der Waals surface area contributed by atoms with Gasteiger partial charge in [-0.3, -0.25) is 4.72 Å². The van der Waals surface area contributed by atoms with E-state index >= 15 is 0 Å². The Kier molecular flexibility index (Phi) is 7.75. The highest BCUT2D eigenvalue weighted by Crippen LogP contribution is 2.38. The first-order valence-electron chi connectivity index (χ1n) is 10.3. The third-order valence-corrected chi connectivity index (χ3v) is 6.91. The quantitative estimate of drug-likeness (QED) is 0.398. The first kappa shape index (κ1) is 25.8. The molecule has 3 rings (SSSR count). The van der Waals surface area contributed by atoms with E-state index in [1.54, 1.807) is 20.0 Å². The van der Waals surface area contributed by atoms with Crippen molar-refractivity contribution in [2.45, 2.75) is 45.4 Å². The van der Waals surface area contributed by atoms with Gasteiger partial charge >= 0.3 is 12.1 Å². The number of anilines is 2. The molecule has 0 spiro atoms. The second kappa shape index (κ2) is 10.2. The molecule has 10 nitrogen and oxygen atoms in total. The van der Waals surface area contributed by atoms with Crippen molar-refractivity contribution in [2.24, 2.45) is 10.2 Å². The first-order valence-corrected chi connectivity index (χ1v) is 12.8. The van der Waals surface area contributed by atoms with Crippen molar-refractivity contribution in [3.8, 4) is 0 Å². The molecule has 0 fully saturated rings. The fourth-order valence-corrected chi connectivity index (χ4v) is 4.69. The van der Waals surface area contributed by atoms with Gasteiger partial charge in [-0.25, -0.2) is 13.2 Å². The number of nitrogens with one attached hydrogen (secondary N) is 1. The van der Waals surface area contributed by atoms with Crippen molar-refractivity contribution in [1.82, 2.24) is 10.2 Å². The third-order valence-electron chi connectivity index (χ3n) is 4.88. The van der Waals surface area contributed by atoms with Gasteiger partial charge in [0.2, 0.25) is 15.0 Å². The largest absolute Gasteiger partial charge is 0.457 e. The summed E-state index contributed by atoms with van der Waals surface area (Å²) in [5.74, 6) is -2.70. The fraction of sp³-hybridized carbons (Fsp3) is 0.526. The number of carbonyl (C=O) groups is 1. The summed E-state index contributed by atoms with van der Waals surface area (Å²) in [4.78, 5) is 13.9. The van der Waals surface area contributed by atoms with E-state index in [0.717, 1.165) is 23.3 Å². The molecule has 15 heteroatoms. The summed E-state index contributed by atoms with van der Waals surface area (Å²) < 4.78 is 69.4. The zero-order chi connectivity index (χ0) is 25.1. The molecular formula is C19H23F3N6O4S2. The lowest BCUT2D eigenvalue weighted by Gasteiger charge is -2.28. The molecule has 1 aliphatic rings. The highest BCUT2D eigenvalue weighted by atomic mass is 32.2. The number of hydrogen-bond donors (Lipinski definition) is 1. The SMILES string of the molecule is CCC(C)OC(=O)c1nnc(N=Nc2cc3c(cc2NS(=O)(=O)CC(F)(F)F)N(C)CCC3)s1. The molecule has 0 bridgehead atoms. The predicted molar refractivity (Wildman–Crippen MR) is 121 cm³/mol. The summed E-state index contributed by atoms with van der Waals surface area (Å²) in [6.07, 6.45) is -3.06. The average Bonchev–Trinajstić information content (AvgIpc) is 3.20. The molecule has 1 aliphatic heterocycles. The van der Waals surface area contributed by atoms with E-state index < -0.39 is 27.9 Å². The number of rotatable bonds is 8. The molecular weight excluding hydrogens is 497 g/mol. The van der Waals surface area contributed by atoms with Crippen LogP contribution < -0.4 is 9.62 Å². The van der Waals surface area contributed by atoms with Crippen LogP contribution in [0.1, 0.15) is 42.1 Å². The summed E-state index contributed by atoms with van der Waals surface area (Å²) in [6.45, 7) is 4.30. The van der Waals surface area contributed by atoms with Gasteiger partial charge in [-0.2, -0.15) is 13.2 Å². The molecule has 186 valence electrons. The van der Waals surface area contributed by atoms with Crippen LogP contribution in [-0.2, 0) is 21.2 Å². The first-order chi connectivity index (χ1) is 15.9. The van der Waals surface area contributed by atoms with Gasteiger partial charge in [0, 0.05) is 19.3 Å². The molecule has 0 radical (unpaired) electrons. The van der Waals surface area contributed by atoms with Crippen molar-refractivity contribution >= 4 is 49.5 Å². The maximum Gasteiger partial charge on any atom is 0.404 e. The van der Waals surface area contributed by atoms with E-state index in [9.17, 15) is 26.4 Å². The van der Waals surface area contributed by atoms with E-state index in [4.69, 9.17) is 4.74 Å². The third kappa shape index (κ3) is 6.85. The van der Waals surface area contributed by atoms with Gasteiger partial charge in [-0.05, 0) is 43.9 Å². The van der Waals surface area contributed by atoms with Crippen LogP contribution in [0.5, 0.6) is 0 Å². The normalized spacial score (nSPS) is 15.3. The number of halogens is 3. The number of sulfonamides is 1. The molecule has 2 aromatic rings. The number of nitrogens with zero attached hydrogens (tertiary/aromatic N) is 5.